The van der Waals surface area contributed by atoms with Crippen LogP contribution in [0.5, 0.6) is 11.5 Å². The van der Waals surface area contributed by atoms with Gasteiger partial charge in [0.1, 0.15) is 11.5 Å². The Labute approximate surface area is 166 Å². The van der Waals surface area contributed by atoms with Crippen LogP contribution in [0.2, 0.25) is 0 Å². The molecule has 0 fully saturated rings. The van der Waals surface area contributed by atoms with Gasteiger partial charge in [0.15, 0.2) is 0 Å². The van der Waals surface area contributed by atoms with E-state index in [-0.39, 0.29) is 5.75 Å². The van der Waals surface area contributed by atoms with E-state index in [1.165, 1.54) is 11.8 Å². The molecule has 0 radical (unpaired) electrons. The van der Waals surface area contributed by atoms with Crippen LogP contribution in [0.25, 0.3) is 10.2 Å². The fraction of sp³-hybridized carbons (Fsp3) is 0.0909. The maximum atomic E-state index is 10.0. The summed E-state index contributed by atoms with van der Waals surface area (Å²) in [6, 6.07) is 23.5. The maximum Gasteiger partial charge on any atom is 0.211 e. The second kappa shape index (κ2) is 8.10. The molecule has 0 bridgehead atoms. The van der Waals surface area contributed by atoms with Crippen molar-refractivity contribution >= 4 is 27.8 Å². The van der Waals surface area contributed by atoms with Crippen molar-refractivity contribution in [1.82, 2.24) is 4.57 Å². The number of ether oxygens (including phenoxy) is 1. The van der Waals surface area contributed by atoms with E-state index in [4.69, 9.17) is 4.74 Å². The van der Waals surface area contributed by atoms with Crippen molar-refractivity contribution in [3.63, 3.8) is 0 Å². The summed E-state index contributed by atoms with van der Waals surface area (Å²) in [5.74, 6) is 0.786. The fourth-order valence-electron chi connectivity index (χ4n) is 2.92. The molecule has 0 saturated carbocycles. The van der Waals surface area contributed by atoms with Crippen molar-refractivity contribution in [2.75, 3.05) is 7.11 Å². The highest BCUT2D eigenvalue weighted by Crippen LogP contribution is 2.21. The Morgan fingerprint density at radius 1 is 1.04 bits per heavy atom. The summed E-state index contributed by atoms with van der Waals surface area (Å²) in [6.07, 6.45) is 1.54. The molecular weight excluding hydrogens is 370 g/mol. The number of hydrogen-bond acceptors (Lipinski definition) is 5. The quantitative estimate of drug-likeness (QED) is 0.406. The third-order valence-corrected chi connectivity index (χ3v) is 5.40. The van der Waals surface area contributed by atoms with Crippen LogP contribution in [0.3, 0.4) is 0 Å². The molecule has 1 heterocycles. The van der Waals surface area contributed by atoms with E-state index in [9.17, 15) is 5.11 Å². The summed E-state index contributed by atoms with van der Waals surface area (Å²) in [5, 5.41) is 18.7. The van der Waals surface area contributed by atoms with Crippen molar-refractivity contribution in [3.8, 4) is 11.5 Å². The van der Waals surface area contributed by atoms with Crippen LogP contribution in [-0.4, -0.2) is 23.0 Å². The van der Waals surface area contributed by atoms with Gasteiger partial charge in [0.05, 0.1) is 30.1 Å². The van der Waals surface area contributed by atoms with Gasteiger partial charge in [-0.1, -0.05) is 53.8 Å². The first kappa shape index (κ1) is 18.0. The molecule has 140 valence electrons. The minimum absolute atomic E-state index is 0.133. The Hall–Kier alpha value is -3.38. The third-order valence-electron chi connectivity index (χ3n) is 4.35. The normalized spacial score (nSPS) is 12.1. The number of para-hydroxylation sites is 1. The van der Waals surface area contributed by atoms with Crippen molar-refractivity contribution < 1.29 is 9.84 Å². The molecule has 28 heavy (non-hydrogen) atoms. The lowest BCUT2D eigenvalue weighted by Gasteiger charge is -2.05. The molecule has 0 aliphatic carbocycles. The van der Waals surface area contributed by atoms with Gasteiger partial charge in [0.2, 0.25) is 4.80 Å². The lowest BCUT2D eigenvalue weighted by atomic mass is 10.2. The van der Waals surface area contributed by atoms with E-state index in [2.05, 4.69) is 39.0 Å². The average molecular weight is 389 g/mol. The second-order valence-corrected chi connectivity index (χ2v) is 7.20. The molecule has 5 nitrogen and oxygen atoms in total. The van der Waals surface area contributed by atoms with Gasteiger partial charge in [-0.3, -0.25) is 0 Å². The van der Waals surface area contributed by atoms with Gasteiger partial charge in [0.25, 0.3) is 0 Å². The summed E-state index contributed by atoms with van der Waals surface area (Å²) in [7, 11) is 1.58. The first-order valence-electron chi connectivity index (χ1n) is 8.81. The Morgan fingerprint density at radius 3 is 2.64 bits per heavy atom. The van der Waals surface area contributed by atoms with E-state index in [0.29, 0.717) is 17.9 Å². The molecule has 0 spiro atoms. The minimum atomic E-state index is 0.133. The summed E-state index contributed by atoms with van der Waals surface area (Å²) < 4.78 is 8.49. The fourth-order valence-corrected chi connectivity index (χ4v) is 3.91. The monoisotopic (exact) mass is 389 g/mol. The van der Waals surface area contributed by atoms with Crippen molar-refractivity contribution in [3.05, 3.63) is 88.7 Å². The van der Waals surface area contributed by atoms with Gasteiger partial charge in [-0.25, -0.2) is 0 Å². The van der Waals surface area contributed by atoms with Crippen LogP contribution in [-0.2, 0) is 6.54 Å². The van der Waals surface area contributed by atoms with E-state index < -0.39 is 0 Å². The molecule has 0 amide bonds. The molecule has 1 N–H and O–H groups in total. The second-order valence-electron chi connectivity index (χ2n) is 6.19. The standard InChI is InChI=1S/C22H19N3O2S/c1-27-18-11-12-20(26)17(13-18)14-23-24-22-25(15-16-7-3-2-4-8-16)19-9-5-6-10-21(19)28-22/h2-14,26H,15H2,1H3. The topological polar surface area (TPSA) is 59.1 Å². The Balaban J connectivity index is 1.74. The molecule has 1 aromatic heterocycles. The zero-order valence-corrected chi connectivity index (χ0v) is 16.1. The molecule has 6 heteroatoms. The number of thiazole rings is 1. The molecule has 0 unspecified atom stereocenters. The van der Waals surface area contributed by atoms with Gasteiger partial charge in [-0.2, -0.15) is 5.10 Å². The zero-order valence-electron chi connectivity index (χ0n) is 15.3. The van der Waals surface area contributed by atoms with Crippen molar-refractivity contribution in [2.24, 2.45) is 10.2 Å². The Bertz CT molecular complexity index is 1190. The summed E-state index contributed by atoms with van der Waals surface area (Å²) in [6.45, 7) is 0.712. The number of aromatic nitrogens is 1. The maximum absolute atomic E-state index is 10.0. The smallest absolute Gasteiger partial charge is 0.211 e. The van der Waals surface area contributed by atoms with Crippen LogP contribution >= 0.6 is 11.3 Å². The SMILES string of the molecule is COc1ccc(O)c(C=NN=c2sc3ccccc3n2Cc2ccccc2)c1. The lowest BCUT2D eigenvalue weighted by Crippen LogP contribution is -2.15. The number of phenolic OH excluding ortho intramolecular Hbond substituents is 1. The molecule has 3 aromatic carbocycles. The number of hydrogen-bond donors (Lipinski definition) is 1. The number of fused-ring (bicyclic) bond motifs is 1. The van der Waals surface area contributed by atoms with Crippen LogP contribution in [0.1, 0.15) is 11.1 Å². The average Bonchev–Trinajstić information content (AvgIpc) is 3.07. The van der Waals surface area contributed by atoms with E-state index in [1.54, 1.807) is 36.6 Å². The van der Waals surface area contributed by atoms with E-state index >= 15 is 0 Å². The molecule has 0 atom stereocenters. The van der Waals surface area contributed by atoms with Gasteiger partial charge in [0, 0.05) is 5.56 Å². The Kier molecular flexibility index (Phi) is 5.21. The first-order chi connectivity index (χ1) is 13.7. The lowest BCUT2D eigenvalue weighted by molar-refractivity contribution is 0.412. The van der Waals surface area contributed by atoms with E-state index in [0.717, 1.165) is 15.0 Å². The highest BCUT2D eigenvalue weighted by Gasteiger charge is 2.06. The third kappa shape index (κ3) is 3.82. The van der Waals surface area contributed by atoms with Gasteiger partial charge < -0.3 is 14.4 Å². The highest BCUT2D eigenvalue weighted by atomic mass is 32.1. The van der Waals surface area contributed by atoms with Crippen molar-refractivity contribution in [1.29, 1.82) is 0 Å². The minimum Gasteiger partial charge on any atom is -0.507 e. The highest BCUT2D eigenvalue weighted by molar-refractivity contribution is 7.16. The summed E-state index contributed by atoms with van der Waals surface area (Å²) in [5.41, 5.74) is 2.87. The number of aromatic hydroxyl groups is 1. The van der Waals surface area contributed by atoms with Gasteiger partial charge in [-0.05, 0) is 35.9 Å². The van der Waals surface area contributed by atoms with Crippen LogP contribution in [0.15, 0.2) is 83.0 Å². The van der Waals surface area contributed by atoms with Crippen LogP contribution in [0, 0.1) is 0 Å². The summed E-state index contributed by atoms with van der Waals surface area (Å²) >= 11 is 1.59. The number of methoxy groups -OCH3 is 1. The Morgan fingerprint density at radius 2 is 1.82 bits per heavy atom. The predicted molar refractivity (Wildman–Crippen MR) is 113 cm³/mol. The predicted octanol–water partition coefficient (Wildman–Crippen LogP) is 4.40. The molecule has 4 rings (SSSR count). The zero-order chi connectivity index (χ0) is 19.3. The van der Waals surface area contributed by atoms with E-state index in [1.807, 2.05) is 30.3 Å². The van der Waals surface area contributed by atoms with Crippen molar-refractivity contribution in [2.45, 2.75) is 6.54 Å². The number of benzene rings is 3. The molecule has 0 aliphatic heterocycles. The van der Waals surface area contributed by atoms with Gasteiger partial charge >= 0.3 is 0 Å². The number of phenols is 1. The van der Waals surface area contributed by atoms with Gasteiger partial charge in [-0.15, -0.1) is 5.10 Å². The molecule has 0 aliphatic rings. The van der Waals surface area contributed by atoms with Crippen LogP contribution < -0.4 is 9.54 Å². The number of nitrogens with zero attached hydrogens (tertiary/aromatic N) is 3. The molecule has 0 saturated heterocycles. The van der Waals surface area contributed by atoms with Crippen LogP contribution in [0.4, 0.5) is 0 Å². The number of rotatable bonds is 5. The largest absolute Gasteiger partial charge is 0.507 e. The molecule has 4 aromatic rings. The molecular formula is C22H19N3O2S. The summed E-state index contributed by atoms with van der Waals surface area (Å²) in [4.78, 5) is 0.795. The first-order valence-corrected chi connectivity index (χ1v) is 9.62.